The Balaban J connectivity index is 1.70. The number of methoxy groups -OCH3 is 1. The summed E-state index contributed by atoms with van der Waals surface area (Å²) in [6.07, 6.45) is 6.96. The van der Waals surface area contributed by atoms with Gasteiger partial charge in [0.1, 0.15) is 23.9 Å². The van der Waals surface area contributed by atoms with Crippen molar-refractivity contribution in [3.63, 3.8) is 0 Å². The van der Waals surface area contributed by atoms with E-state index in [1.807, 2.05) is 30.6 Å². The minimum absolute atomic E-state index is 0.129. The van der Waals surface area contributed by atoms with Crippen molar-refractivity contribution in [3.05, 3.63) is 54.6 Å². The van der Waals surface area contributed by atoms with Crippen molar-refractivity contribution in [2.45, 2.75) is 25.9 Å². The van der Waals surface area contributed by atoms with E-state index < -0.39 is 0 Å². The Morgan fingerprint density at radius 1 is 1.26 bits per heavy atom. The fourth-order valence-electron chi connectivity index (χ4n) is 3.01. The van der Waals surface area contributed by atoms with Gasteiger partial charge in [-0.1, -0.05) is 19.9 Å². The minimum Gasteiger partial charge on any atom is -0.496 e. The molecule has 1 aromatic carbocycles. The molecule has 7 nitrogen and oxygen atoms in total. The van der Waals surface area contributed by atoms with Gasteiger partial charge >= 0.3 is 0 Å². The second kappa shape index (κ2) is 7.28. The van der Waals surface area contributed by atoms with Gasteiger partial charge < -0.3 is 14.9 Å². The SMILES string of the molecule is COc1ccc(C(C)C)cc1-c1cnn2ccc(NCC3C=COO3)nc12. The summed E-state index contributed by atoms with van der Waals surface area (Å²) in [5.41, 5.74) is 3.92. The summed E-state index contributed by atoms with van der Waals surface area (Å²) in [6.45, 7) is 4.91. The van der Waals surface area contributed by atoms with Crippen LogP contribution in [0.5, 0.6) is 5.75 Å². The third-order valence-electron chi connectivity index (χ3n) is 4.56. The highest BCUT2D eigenvalue weighted by Crippen LogP contribution is 2.35. The zero-order chi connectivity index (χ0) is 18.8. The molecule has 0 spiro atoms. The van der Waals surface area contributed by atoms with Crippen LogP contribution in [0.3, 0.4) is 0 Å². The molecular weight excluding hydrogens is 344 g/mol. The molecule has 0 radical (unpaired) electrons. The van der Waals surface area contributed by atoms with Crippen LogP contribution in [0.15, 0.2) is 49.0 Å². The molecule has 0 bridgehead atoms. The van der Waals surface area contributed by atoms with Crippen molar-refractivity contribution < 1.29 is 14.5 Å². The van der Waals surface area contributed by atoms with Crippen molar-refractivity contribution >= 4 is 11.5 Å². The number of ether oxygens (including phenoxy) is 1. The largest absolute Gasteiger partial charge is 0.496 e. The summed E-state index contributed by atoms with van der Waals surface area (Å²) in [4.78, 5) is 14.6. The molecule has 3 aromatic rings. The first kappa shape index (κ1) is 17.4. The molecule has 1 aliphatic rings. The van der Waals surface area contributed by atoms with Crippen LogP contribution >= 0.6 is 0 Å². The van der Waals surface area contributed by atoms with E-state index in [0.717, 1.165) is 28.3 Å². The van der Waals surface area contributed by atoms with Crippen LogP contribution in [0.1, 0.15) is 25.3 Å². The highest BCUT2D eigenvalue weighted by molar-refractivity contribution is 5.82. The van der Waals surface area contributed by atoms with Gasteiger partial charge in [-0.05, 0) is 35.8 Å². The summed E-state index contributed by atoms with van der Waals surface area (Å²) in [5.74, 6) is 1.96. The van der Waals surface area contributed by atoms with Gasteiger partial charge in [0.2, 0.25) is 0 Å². The normalized spacial score (nSPS) is 16.1. The fourth-order valence-corrected chi connectivity index (χ4v) is 3.01. The van der Waals surface area contributed by atoms with E-state index in [1.54, 1.807) is 11.6 Å². The number of hydrogen-bond acceptors (Lipinski definition) is 6. The van der Waals surface area contributed by atoms with Crippen LogP contribution < -0.4 is 10.1 Å². The maximum absolute atomic E-state index is 5.58. The first-order chi connectivity index (χ1) is 13.2. The number of anilines is 1. The van der Waals surface area contributed by atoms with E-state index in [-0.39, 0.29) is 6.10 Å². The summed E-state index contributed by atoms with van der Waals surface area (Å²) in [6, 6.07) is 8.12. The van der Waals surface area contributed by atoms with Crippen LogP contribution in [0.2, 0.25) is 0 Å². The molecule has 0 aliphatic carbocycles. The van der Waals surface area contributed by atoms with Crippen molar-refractivity contribution in [1.29, 1.82) is 0 Å². The van der Waals surface area contributed by atoms with Crippen LogP contribution in [-0.4, -0.2) is 34.4 Å². The molecule has 7 heteroatoms. The van der Waals surface area contributed by atoms with Crippen LogP contribution in [0, 0.1) is 0 Å². The lowest BCUT2D eigenvalue weighted by molar-refractivity contribution is -0.248. The van der Waals surface area contributed by atoms with Gasteiger partial charge in [-0.3, -0.25) is 0 Å². The number of benzene rings is 1. The molecule has 0 saturated heterocycles. The van der Waals surface area contributed by atoms with Gasteiger partial charge in [0, 0.05) is 11.8 Å². The Morgan fingerprint density at radius 3 is 2.89 bits per heavy atom. The van der Waals surface area contributed by atoms with Crippen LogP contribution in [0.4, 0.5) is 5.82 Å². The number of rotatable bonds is 6. The van der Waals surface area contributed by atoms with Crippen molar-refractivity contribution in [1.82, 2.24) is 14.6 Å². The fraction of sp³-hybridized carbons (Fsp3) is 0.300. The molecular formula is C20H22N4O3. The average molecular weight is 366 g/mol. The molecule has 1 unspecified atom stereocenters. The average Bonchev–Trinajstić information content (AvgIpc) is 3.35. The van der Waals surface area contributed by atoms with E-state index in [9.17, 15) is 0 Å². The Bertz CT molecular complexity index is 981. The number of nitrogens with one attached hydrogen (secondary N) is 1. The highest BCUT2D eigenvalue weighted by atomic mass is 17.2. The molecule has 0 amide bonds. The van der Waals surface area contributed by atoms with Gasteiger partial charge in [0.05, 0.1) is 25.4 Å². The lowest BCUT2D eigenvalue weighted by Gasteiger charge is -2.12. The second-order valence-electron chi connectivity index (χ2n) is 6.69. The Morgan fingerprint density at radius 2 is 2.15 bits per heavy atom. The van der Waals surface area contributed by atoms with Crippen molar-refractivity contribution in [3.8, 4) is 16.9 Å². The molecule has 1 N–H and O–H groups in total. The molecule has 2 aromatic heterocycles. The van der Waals surface area contributed by atoms with E-state index in [2.05, 4.69) is 36.4 Å². The molecule has 27 heavy (non-hydrogen) atoms. The van der Waals surface area contributed by atoms with Gasteiger partial charge in [0.25, 0.3) is 0 Å². The molecule has 140 valence electrons. The van der Waals surface area contributed by atoms with Crippen LogP contribution in [0.25, 0.3) is 16.8 Å². The predicted molar refractivity (Wildman–Crippen MR) is 103 cm³/mol. The third-order valence-corrected chi connectivity index (χ3v) is 4.56. The Hall–Kier alpha value is -3.06. The summed E-state index contributed by atoms with van der Waals surface area (Å²) in [5, 5.41) is 7.70. The van der Waals surface area contributed by atoms with Crippen molar-refractivity contribution in [2.24, 2.45) is 0 Å². The van der Waals surface area contributed by atoms with E-state index in [4.69, 9.17) is 19.5 Å². The minimum atomic E-state index is -0.129. The number of fused-ring (bicyclic) bond motifs is 1. The van der Waals surface area contributed by atoms with Crippen LogP contribution in [-0.2, 0) is 9.78 Å². The van der Waals surface area contributed by atoms with Gasteiger partial charge in [-0.2, -0.15) is 9.99 Å². The zero-order valence-electron chi connectivity index (χ0n) is 15.5. The maximum Gasteiger partial charge on any atom is 0.165 e. The number of nitrogens with zero attached hydrogens (tertiary/aromatic N) is 3. The highest BCUT2D eigenvalue weighted by Gasteiger charge is 2.16. The Kier molecular flexibility index (Phi) is 4.68. The van der Waals surface area contributed by atoms with Gasteiger partial charge in [-0.25, -0.2) is 9.50 Å². The second-order valence-corrected chi connectivity index (χ2v) is 6.69. The van der Waals surface area contributed by atoms with Gasteiger partial charge in [-0.15, -0.1) is 0 Å². The first-order valence-electron chi connectivity index (χ1n) is 8.91. The summed E-state index contributed by atoms with van der Waals surface area (Å²) in [7, 11) is 1.68. The van der Waals surface area contributed by atoms with E-state index in [1.165, 1.54) is 11.8 Å². The Labute approximate surface area is 157 Å². The number of hydrogen-bond donors (Lipinski definition) is 1. The van der Waals surface area contributed by atoms with E-state index >= 15 is 0 Å². The maximum atomic E-state index is 5.58. The summed E-state index contributed by atoms with van der Waals surface area (Å²) < 4.78 is 7.34. The standard InChI is InChI=1S/C20H22N4O3/c1-13(2)14-4-5-18(25-3)16(10-14)17-12-22-24-8-6-19(23-20(17)24)21-11-15-7-9-26-27-15/h4-10,12-13,15H,11H2,1-3H3,(H,21,23). The summed E-state index contributed by atoms with van der Waals surface area (Å²) >= 11 is 0. The van der Waals surface area contributed by atoms with Gasteiger partial charge in [0.15, 0.2) is 5.65 Å². The smallest absolute Gasteiger partial charge is 0.165 e. The third kappa shape index (κ3) is 3.46. The molecule has 4 rings (SSSR count). The molecule has 1 aliphatic heterocycles. The first-order valence-corrected chi connectivity index (χ1v) is 8.91. The predicted octanol–water partition coefficient (Wildman–Crippen LogP) is 3.78. The lowest BCUT2D eigenvalue weighted by Crippen LogP contribution is -2.18. The monoisotopic (exact) mass is 366 g/mol. The number of aromatic nitrogens is 3. The zero-order valence-corrected chi connectivity index (χ0v) is 15.5. The lowest BCUT2D eigenvalue weighted by atomic mass is 9.97. The topological polar surface area (TPSA) is 69.9 Å². The molecule has 0 fully saturated rings. The van der Waals surface area contributed by atoms with E-state index in [0.29, 0.717) is 12.5 Å². The molecule has 1 atom stereocenters. The molecule has 3 heterocycles. The quantitative estimate of drug-likeness (QED) is 0.670. The van der Waals surface area contributed by atoms with Crippen molar-refractivity contribution in [2.75, 3.05) is 19.0 Å². The molecule has 0 saturated carbocycles.